The van der Waals surface area contributed by atoms with Crippen molar-refractivity contribution in [3.63, 3.8) is 0 Å². The molecule has 0 atom stereocenters. The Morgan fingerprint density at radius 3 is 2.30 bits per heavy atom. The summed E-state index contributed by atoms with van der Waals surface area (Å²) in [5.74, 6) is 1.31. The highest BCUT2D eigenvalue weighted by Gasteiger charge is 2.18. The van der Waals surface area contributed by atoms with Crippen molar-refractivity contribution < 1.29 is 9.66 Å². The van der Waals surface area contributed by atoms with E-state index in [4.69, 9.17) is 16.3 Å². The molecule has 2 aromatic heterocycles. The fraction of sp³-hybridized carbons (Fsp3) is 0.0526. The molecule has 4 aromatic rings. The first-order valence-corrected chi connectivity index (χ1v) is 9.74. The summed E-state index contributed by atoms with van der Waals surface area (Å²) in [6.07, 6.45) is 2.31. The molecule has 2 aromatic carbocycles. The van der Waals surface area contributed by atoms with Crippen LogP contribution in [-0.2, 0) is 0 Å². The fourth-order valence-electron chi connectivity index (χ4n) is 2.62. The normalized spacial score (nSPS) is 10.7. The minimum Gasteiger partial charge on any atom is -0.497 e. The molecule has 2 heterocycles. The molecule has 0 saturated carbocycles. The molecule has 0 unspecified atom stereocenters. The molecule has 0 aliphatic heterocycles. The zero-order chi connectivity index (χ0) is 21.1. The Kier molecular flexibility index (Phi) is 5.59. The first-order chi connectivity index (χ1) is 14.5. The Morgan fingerprint density at radius 1 is 1.03 bits per heavy atom. The van der Waals surface area contributed by atoms with Crippen molar-refractivity contribution in [2.75, 3.05) is 7.11 Å². The van der Waals surface area contributed by atoms with Crippen LogP contribution in [0.3, 0.4) is 0 Å². The van der Waals surface area contributed by atoms with E-state index in [0.29, 0.717) is 26.9 Å². The maximum Gasteiger partial charge on any atom is 0.305 e. The number of ether oxygens (including phenoxy) is 1. The molecule has 30 heavy (non-hydrogen) atoms. The van der Waals surface area contributed by atoms with Crippen molar-refractivity contribution in [3.8, 4) is 22.8 Å². The van der Waals surface area contributed by atoms with E-state index < -0.39 is 4.92 Å². The second-order valence-corrected chi connectivity index (χ2v) is 7.30. The molecule has 0 aliphatic rings. The van der Waals surface area contributed by atoms with E-state index in [-0.39, 0.29) is 5.69 Å². The third-order valence-corrected chi connectivity index (χ3v) is 5.17. The van der Waals surface area contributed by atoms with Crippen molar-refractivity contribution in [1.82, 2.24) is 24.7 Å². The van der Waals surface area contributed by atoms with Crippen molar-refractivity contribution in [2.45, 2.75) is 10.3 Å². The Bertz CT molecular complexity index is 1180. The maximum atomic E-state index is 10.8. The van der Waals surface area contributed by atoms with E-state index in [1.54, 1.807) is 19.2 Å². The van der Waals surface area contributed by atoms with Crippen molar-refractivity contribution in [2.24, 2.45) is 0 Å². The first kappa shape index (κ1) is 19.8. The molecule has 11 heteroatoms. The van der Waals surface area contributed by atoms with Gasteiger partial charge in [-0.2, -0.15) is 0 Å². The van der Waals surface area contributed by atoms with Gasteiger partial charge in [0.2, 0.25) is 5.16 Å². The lowest BCUT2D eigenvalue weighted by Crippen LogP contribution is -2.00. The van der Waals surface area contributed by atoms with Crippen LogP contribution >= 0.6 is 23.4 Å². The Morgan fingerprint density at radius 2 is 1.70 bits per heavy atom. The van der Waals surface area contributed by atoms with Gasteiger partial charge < -0.3 is 4.74 Å². The molecule has 9 nitrogen and oxygen atoms in total. The van der Waals surface area contributed by atoms with E-state index in [9.17, 15) is 10.1 Å². The molecule has 0 radical (unpaired) electrons. The minimum atomic E-state index is -0.549. The average molecular weight is 441 g/mol. The van der Waals surface area contributed by atoms with Gasteiger partial charge in [0.1, 0.15) is 18.1 Å². The molecular weight excluding hydrogens is 428 g/mol. The van der Waals surface area contributed by atoms with Gasteiger partial charge in [0.05, 0.1) is 17.7 Å². The molecule has 0 saturated heterocycles. The van der Waals surface area contributed by atoms with Crippen molar-refractivity contribution >= 4 is 29.1 Å². The number of nitro groups is 1. The highest BCUT2D eigenvalue weighted by atomic mass is 35.5. The molecule has 0 fully saturated rings. The SMILES string of the molecule is COc1ccc(-n2c(Sc3ncc([N+](=O)[O-])cn3)nnc2-c2ccc(Cl)cc2)cc1. The van der Waals surface area contributed by atoms with Crippen LogP contribution in [0.15, 0.2) is 71.2 Å². The average Bonchev–Trinajstić information content (AvgIpc) is 3.18. The third kappa shape index (κ3) is 4.09. The van der Waals surface area contributed by atoms with Crippen LogP contribution in [0, 0.1) is 10.1 Å². The summed E-state index contributed by atoms with van der Waals surface area (Å²) in [5, 5.41) is 20.9. The van der Waals surface area contributed by atoms with Gasteiger partial charge in [-0.1, -0.05) is 11.6 Å². The largest absolute Gasteiger partial charge is 0.497 e. The lowest BCUT2D eigenvalue weighted by molar-refractivity contribution is -0.385. The van der Waals surface area contributed by atoms with E-state index >= 15 is 0 Å². The predicted octanol–water partition coefficient (Wildman–Crippen LogP) is 4.45. The summed E-state index contributed by atoms with van der Waals surface area (Å²) < 4.78 is 7.08. The number of methoxy groups -OCH3 is 1. The third-order valence-electron chi connectivity index (χ3n) is 4.07. The predicted molar refractivity (Wildman–Crippen MR) is 111 cm³/mol. The molecule has 0 N–H and O–H groups in total. The van der Waals surface area contributed by atoms with Crippen LogP contribution in [0.1, 0.15) is 0 Å². The summed E-state index contributed by atoms with van der Waals surface area (Å²) in [5.41, 5.74) is 1.44. The number of aromatic nitrogens is 5. The monoisotopic (exact) mass is 440 g/mol. The summed E-state index contributed by atoms with van der Waals surface area (Å²) in [7, 11) is 1.60. The number of hydrogen-bond donors (Lipinski definition) is 0. The minimum absolute atomic E-state index is 0.183. The number of rotatable bonds is 6. The maximum absolute atomic E-state index is 10.8. The molecular formula is C19H13ClN6O3S. The lowest BCUT2D eigenvalue weighted by Gasteiger charge is -2.11. The van der Waals surface area contributed by atoms with Crippen molar-refractivity contribution in [3.05, 3.63) is 76.1 Å². The summed E-state index contributed by atoms with van der Waals surface area (Å²) >= 11 is 7.16. The van der Waals surface area contributed by atoms with Gasteiger partial charge in [0.15, 0.2) is 11.0 Å². The Labute approximate surface area is 179 Å². The second kappa shape index (κ2) is 8.47. The molecule has 0 bridgehead atoms. The van der Waals surface area contributed by atoms with Gasteiger partial charge in [-0.25, -0.2) is 9.97 Å². The van der Waals surface area contributed by atoms with Gasteiger partial charge in [-0.05, 0) is 60.3 Å². The molecule has 4 rings (SSSR count). The summed E-state index contributed by atoms with van der Waals surface area (Å²) in [4.78, 5) is 18.4. The van der Waals surface area contributed by atoms with E-state index in [1.807, 2.05) is 41.0 Å². The zero-order valence-corrected chi connectivity index (χ0v) is 17.0. The number of hydrogen-bond acceptors (Lipinski definition) is 8. The Balaban J connectivity index is 1.77. The van der Waals surface area contributed by atoms with E-state index in [1.165, 1.54) is 0 Å². The first-order valence-electron chi connectivity index (χ1n) is 8.55. The molecule has 0 amide bonds. The van der Waals surface area contributed by atoms with Gasteiger partial charge >= 0.3 is 5.69 Å². The fourth-order valence-corrected chi connectivity index (χ4v) is 3.49. The van der Waals surface area contributed by atoms with Gasteiger partial charge in [-0.3, -0.25) is 14.7 Å². The number of benzene rings is 2. The number of nitrogens with zero attached hydrogens (tertiary/aromatic N) is 6. The van der Waals surface area contributed by atoms with Crippen LogP contribution in [0.2, 0.25) is 5.02 Å². The van der Waals surface area contributed by atoms with Crippen LogP contribution in [0.4, 0.5) is 5.69 Å². The highest BCUT2D eigenvalue weighted by molar-refractivity contribution is 7.99. The van der Waals surface area contributed by atoms with E-state index in [2.05, 4.69) is 20.2 Å². The topological polar surface area (TPSA) is 109 Å². The van der Waals surface area contributed by atoms with Crippen LogP contribution < -0.4 is 4.74 Å². The van der Waals surface area contributed by atoms with Gasteiger partial charge in [-0.15, -0.1) is 10.2 Å². The van der Waals surface area contributed by atoms with Crippen LogP contribution in [-0.4, -0.2) is 36.8 Å². The summed E-state index contributed by atoms with van der Waals surface area (Å²) in [6, 6.07) is 14.7. The standard InChI is InChI=1S/C19H13ClN6O3S/c1-29-16-8-6-14(7-9-16)25-17(12-2-4-13(20)5-3-12)23-24-19(25)30-18-21-10-15(11-22-18)26(27)28/h2-11H,1H3. The Hall–Kier alpha value is -3.50. The van der Waals surface area contributed by atoms with Crippen LogP contribution in [0.5, 0.6) is 5.75 Å². The molecule has 150 valence electrons. The van der Waals surface area contributed by atoms with Crippen LogP contribution in [0.25, 0.3) is 17.1 Å². The lowest BCUT2D eigenvalue weighted by atomic mass is 10.2. The molecule has 0 spiro atoms. The summed E-state index contributed by atoms with van der Waals surface area (Å²) in [6.45, 7) is 0. The highest BCUT2D eigenvalue weighted by Crippen LogP contribution is 2.32. The second-order valence-electron chi connectivity index (χ2n) is 5.93. The number of halogens is 1. The van der Waals surface area contributed by atoms with E-state index in [0.717, 1.165) is 35.4 Å². The molecule has 0 aliphatic carbocycles. The quantitative estimate of drug-likeness (QED) is 0.246. The smallest absolute Gasteiger partial charge is 0.305 e. The van der Waals surface area contributed by atoms with Gasteiger partial charge in [0.25, 0.3) is 0 Å². The zero-order valence-electron chi connectivity index (χ0n) is 15.5. The van der Waals surface area contributed by atoms with Gasteiger partial charge in [0, 0.05) is 10.6 Å². The van der Waals surface area contributed by atoms with Crippen molar-refractivity contribution in [1.29, 1.82) is 0 Å².